The van der Waals surface area contributed by atoms with Crippen LogP contribution in [0.15, 0.2) is 81.8 Å². The lowest BCUT2D eigenvalue weighted by molar-refractivity contribution is -0.117. The molecule has 6 nitrogen and oxygen atoms in total. The predicted octanol–water partition coefficient (Wildman–Crippen LogP) is 6.54. The molecular formula is C24H13ClN2O4S2. The molecule has 5 aromatic rings. The maximum atomic E-state index is 13.6. The Hall–Kier alpha value is -3.46. The molecule has 162 valence electrons. The molecular weight excluding hydrogens is 480 g/mol. The van der Waals surface area contributed by atoms with Crippen molar-refractivity contribution in [2.75, 3.05) is 4.90 Å². The van der Waals surface area contributed by atoms with Gasteiger partial charge in [-0.15, -0.1) is 11.3 Å². The number of thiophene rings is 1. The van der Waals surface area contributed by atoms with E-state index < -0.39 is 23.5 Å². The molecule has 1 unspecified atom stereocenters. The Morgan fingerprint density at radius 2 is 1.97 bits per heavy atom. The number of benzene rings is 2. The third kappa shape index (κ3) is 3.18. The van der Waals surface area contributed by atoms with Gasteiger partial charge >= 0.3 is 0 Å². The Morgan fingerprint density at radius 3 is 2.76 bits per heavy atom. The number of aliphatic hydroxyl groups is 1. The number of ketones is 1. The van der Waals surface area contributed by atoms with Gasteiger partial charge in [-0.2, -0.15) is 0 Å². The van der Waals surface area contributed by atoms with Crippen LogP contribution in [0.25, 0.3) is 21.2 Å². The van der Waals surface area contributed by atoms with Gasteiger partial charge in [0.2, 0.25) is 5.78 Å². The van der Waals surface area contributed by atoms with E-state index in [0.717, 1.165) is 15.0 Å². The molecule has 2 aromatic carbocycles. The van der Waals surface area contributed by atoms with E-state index in [1.54, 1.807) is 30.3 Å². The third-order valence-corrected chi connectivity index (χ3v) is 7.64. The zero-order valence-electron chi connectivity index (χ0n) is 16.7. The van der Waals surface area contributed by atoms with E-state index in [-0.39, 0.29) is 11.3 Å². The molecule has 0 spiro atoms. The van der Waals surface area contributed by atoms with Crippen molar-refractivity contribution in [2.45, 2.75) is 6.04 Å². The second-order valence-electron chi connectivity index (χ2n) is 7.44. The fourth-order valence-electron chi connectivity index (χ4n) is 3.97. The van der Waals surface area contributed by atoms with Crippen molar-refractivity contribution in [2.24, 2.45) is 0 Å². The Labute approximate surface area is 200 Å². The number of aliphatic hydroxyl groups excluding tert-OH is 1. The fourth-order valence-corrected chi connectivity index (χ4v) is 6.06. The van der Waals surface area contributed by atoms with Gasteiger partial charge in [-0.1, -0.05) is 47.2 Å². The minimum Gasteiger partial charge on any atom is -0.503 e. The smallest absolute Gasteiger partial charge is 0.296 e. The summed E-state index contributed by atoms with van der Waals surface area (Å²) in [4.78, 5) is 33.5. The van der Waals surface area contributed by atoms with Crippen molar-refractivity contribution in [3.05, 3.63) is 93.0 Å². The molecule has 1 aliphatic rings. The standard InChI is InChI=1S/C24H13ClN2O4S2/c25-13-7-8-14-18(11-13)33-24(26-14)27-20(17-6-3-9-32-17)19(22(29)23(27)30)21(28)16-10-12-4-1-2-5-15(12)31-16/h1-11,20,29H. The molecule has 0 aliphatic carbocycles. The first-order valence-corrected chi connectivity index (χ1v) is 12.0. The molecule has 1 N–H and O–H groups in total. The molecule has 1 atom stereocenters. The number of thiazole rings is 1. The lowest BCUT2D eigenvalue weighted by atomic mass is 10.0. The van der Waals surface area contributed by atoms with Crippen molar-refractivity contribution < 1.29 is 19.1 Å². The maximum Gasteiger partial charge on any atom is 0.296 e. The molecule has 0 radical (unpaired) electrons. The number of amides is 1. The number of hydrogen-bond donors (Lipinski definition) is 1. The summed E-state index contributed by atoms with van der Waals surface area (Å²) in [5, 5.41) is 14.4. The van der Waals surface area contributed by atoms with Gasteiger partial charge in [-0.25, -0.2) is 4.98 Å². The van der Waals surface area contributed by atoms with Gasteiger partial charge in [0.25, 0.3) is 5.91 Å². The van der Waals surface area contributed by atoms with Crippen LogP contribution in [0, 0.1) is 0 Å². The predicted molar refractivity (Wildman–Crippen MR) is 129 cm³/mol. The number of furan rings is 1. The summed E-state index contributed by atoms with van der Waals surface area (Å²) in [6, 6.07) is 17.0. The van der Waals surface area contributed by atoms with Crippen LogP contribution in [-0.2, 0) is 4.79 Å². The average Bonchev–Trinajstić information content (AvgIpc) is 3.59. The Balaban J connectivity index is 1.49. The van der Waals surface area contributed by atoms with Crippen LogP contribution in [0.5, 0.6) is 0 Å². The number of rotatable bonds is 4. The van der Waals surface area contributed by atoms with Crippen molar-refractivity contribution in [3.63, 3.8) is 0 Å². The van der Waals surface area contributed by atoms with Crippen molar-refractivity contribution in [1.29, 1.82) is 0 Å². The number of nitrogens with zero attached hydrogens (tertiary/aromatic N) is 2. The third-order valence-electron chi connectivity index (χ3n) is 5.46. The second kappa shape index (κ2) is 7.55. The van der Waals surface area contributed by atoms with Crippen LogP contribution >= 0.6 is 34.3 Å². The first-order chi connectivity index (χ1) is 16.0. The van der Waals surface area contributed by atoms with Crippen molar-refractivity contribution in [3.8, 4) is 0 Å². The number of anilines is 1. The normalized spacial score (nSPS) is 16.5. The number of Topliss-reactive ketones (excluding diaryl/α,β-unsaturated/α-hetero) is 1. The van der Waals surface area contributed by atoms with Crippen molar-refractivity contribution in [1.82, 2.24) is 4.98 Å². The van der Waals surface area contributed by atoms with Gasteiger partial charge in [0.15, 0.2) is 16.7 Å². The lowest BCUT2D eigenvalue weighted by Gasteiger charge is -2.22. The van der Waals surface area contributed by atoms with Gasteiger partial charge in [0.05, 0.1) is 15.8 Å². The van der Waals surface area contributed by atoms with Gasteiger partial charge in [0.1, 0.15) is 11.6 Å². The van der Waals surface area contributed by atoms with E-state index in [4.69, 9.17) is 16.0 Å². The van der Waals surface area contributed by atoms with Gasteiger partial charge in [-0.05, 0) is 41.8 Å². The largest absolute Gasteiger partial charge is 0.503 e. The molecule has 0 fully saturated rings. The number of aromatic nitrogens is 1. The highest BCUT2D eigenvalue weighted by atomic mass is 35.5. The van der Waals surface area contributed by atoms with Crippen molar-refractivity contribution >= 4 is 72.3 Å². The second-order valence-corrected chi connectivity index (χ2v) is 9.87. The molecule has 9 heteroatoms. The summed E-state index contributed by atoms with van der Waals surface area (Å²) in [6.07, 6.45) is 0. The van der Waals surface area contributed by atoms with E-state index in [1.165, 1.54) is 27.6 Å². The minimum absolute atomic E-state index is 0.0289. The summed E-state index contributed by atoms with van der Waals surface area (Å²) >= 11 is 8.77. The molecule has 1 amide bonds. The number of carbonyl (C=O) groups is 2. The molecule has 0 saturated carbocycles. The summed E-state index contributed by atoms with van der Waals surface area (Å²) in [6.45, 7) is 0. The maximum absolute atomic E-state index is 13.6. The van der Waals surface area contributed by atoms with Crippen LogP contribution in [-0.4, -0.2) is 21.8 Å². The number of para-hydroxylation sites is 1. The van der Waals surface area contributed by atoms with Gasteiger partial charge in [0, 0.05) is 15.3 Å². The Kier molecular flexibility index (Phi) is 4.62. The van der Waals surface area contributed by atoms with E-state index in [9.17, 15) is 14.7 Å². The molecule has 0 saturated heterocycles. The molecule has 1 aliphatic heterocycles. The molecule has 6 rings (SSSR count). The highest BCUT2D eigenvalue weighted by Crippen LogP contribution is 2.45. The zero-order valence-corrected chi connectivity index (χ0v) is 19.1. The average molecular weight is 493 g/mol. The monoisotopic (exact) mass is 492 g/mol. The van der Waals surface area contributed by atoms with Crippen LogP contribution < -0.4 is 4.90 Å². The number of fused-ring (bicyclic) bond motifs is 2. The molecule has 33 heavy (non-hydrogen) atoms. The van der Waals surface area contributed by atoms with Gasteiger partial charge in [-0.3, -0.25) is 14.5 Å². The zero-order chi connectivity index (χ0) is 22.7. The highest BCUT2D eigenvalue weighted by Gasteiger charge is 2.47. The number of hydrogen-bond acceptors (Lipinski definition) is 7. The molecule has 0 bridgehead atoms. The Bertz CT molecular complexity index is 1570. The minimum atomic E-state index is -0.825. The molecule has 4 heterocycles. The molecule has 3 aromatic heterocycles. The van der Waals surface area contributed by atoms with Gasteiger partial charge < -0.3 is 9.52 Å². The highest BCUT2D eigenvalue weighted by molar-refractivity contribution is 7.22. The van der Waals surface area contributed by atoms with E-state index in [2.05, 4.69) is 4.98 Å². The first-order valence-electron chi connectivity index (χ1n) is 9.91. The van der Waals surface area contributed by atoms with Crippen LogP contribution in [0.4, 0.5) is 5.13 Å². The Morgan fingerprint density at radius 1 is 1.12 bits per heavy atom. The van der Waals surface area contributed by atoms with E-state index >= 15 is 0 Å². The van der Waals surface area contributed by atoms with Crippen LogP contribution in [0.3, 0.4) is 0 Å². The fraction of sp³-hybridized carbons (Fsp3) is 0.0417. The lowest BCUT2D eigenvalue weighted by Crippen LogP contribution is -2.30. The first kappa shape index (κ1) is 20.2. The van der Waals surface area contributed by atoms with E-state index in [0.29, 0.717) is 21.3 Å². The van der Waals surface area contributed by atoms with Crippen LogP contribution in [0.2, 0.25) is 5.02 Å². The number of halogens is 1. The SMILES string of the molecule is O=C(C1=C(O)C(=O)N(c2nc3ccc(Cl)cc3s2)C1c1cccs1)c1cc2ccccc2o1. The summed E-state index contributed by atoms with van der Waals surface area (Å²) in [7, 11) is 0. The van der Waals surface area contributed by atoms with E-state index in [1.807, 2.05) is 35.7 Å². The summed E-state index contributed by atoms with van der Waals surface area (Å²) in [5.41, 5.74) is 1.20. The topological polar surface area (TPSA) is 83.6 Å². The number of carbonyl (C=O) groups excluding carboxylic acids is 2. The van der Waals surface area contributed by atoms with Crippen LogP contribution in [0.1, 0.15) is 21.5 Å². The summed E-state index contributed by atoms with van der Waals surface area (Å²) < 4.78 is 6.54. The summed E-state index contributed by atoms with van der Waals surface area (Å²) in [5.74, 6) is -1.76. The quantitative estimate of drug-likeness (QED) is 0.288.